The van der Waals surface area contributed by atoms with Crippen molar-refractivity contribution in [3.8, 4) is 5.75 Å². The molecule has 1 atom stereocenters. The molecule has 2 fully saturated rings. The first-order chi connectivity index (χ1) is 14.5. The van der Waals surface area contributed by atoms with Crippen LogP contribution in [-0.2, 0) is 11.2 Å². The summed E-state index contributed by atoms with van der Waals surface area (Å²) in [6.07, 6.45) is 4.18. The van der Waals surface area contributed by atoms with E-state index in [1.165, 1.54) is 24.9 Å². The largest absolute Gasteiger partial charge is 0.497 e. The molecule has 0 bridgehead atoms. The summed E-state index contributed by atoms with van der Waals surface area (Å²) in [5.41, 5.74) is 1.36. The molecule has 1 amide bonds. The number of benzene rings is 1. The molecule has 3 rings (SSSR count). The molecule has 2 aliphatic rings. The van der Waals surface area contributed by atoms with Crippen LogP contribution in [0.4, 0.5) is 0 Å². The minimum atomic E-state index is 0.296. The number of nitrogens with zero attached hydrogens (tertiary/aromatic N) is 4. The van der Waals surface area contributed by atoms with E-state index < -0.39 is 0 Å². The quantitative estimate of drug-likeness (QED) is 0.616. The lowest BCUT2D eigenvalue weighted by atomic mass is 9.97. The van der Waals surface area contributed by atoms with Gasteiger partial charge in [-0.25, -0.2) is 0 Å². The second kappa shape index (κ2) is 11.7. The normalized spacial score (nSPS) is 21.5. The molecular formula is C24H40N4O2. The maximum atomic E-state index is 12.6. The highest BCUT2D eigenvalue weighted by atomic mass is 16.5. The molecule has 6 heteroatoms. The lowest BCUT2D eigenvalue weighted by Crippen LogP contribution is -2.46. The van der Waals surface area contributed by atoms with Gasteiger partial charge in [0.05, 0.1) is 7.11 Å². The standard InChI is InChI=1S/C24H40N4O2/c1-25-15-17-27(18-16-25)14-11-24(29)26(2)19-22-5-4-12-28(20-22)13-10-21-6-8-23(30-3)9-7-21/h6-9,22H,4-5,10-20H2,1-3H3/t22-/m1/s1. The van der Waals surface area contributed by atoms with Crippen LogP contribution in [0.15, 0.2) is 24.3 Å². The Kier molecular flexibility index (Phi) is 8.97. The van der Waals surface area contributed by atoms with Crippen molar-refractivity contribution < 1.29 is 9.53 Å². The first-order valence-electron chi connectivity index (χ1n) is 11.5. The Labute approximate surface area is 182 Å². The van der Waals surface area contributed by atoms with Gasteiger partial charge in [0, 0.05) is 65.8 Å². The van der Waals surface area contributed by atoms with Gasteiger partial charge in [0.1, 0.15) is 5.75 Å². The highest BCUT2D eigenvalue weighted by molar-refractivity contribution is 5.76. The second-order valence-corrected chi connectivity index (χ2v) is 9.08. The number of amides is 1. The zero-order valence-electron chi connectivity index (χ0n) is 19.2. The maximum absolute atomic E-state index is 12.6. The molecule has 1 aromatic carbocycles. The summed E-state index contributed by atoms with van der Waals surface area (Å²) in [4.78, 5) is 22.0. The molecule has 0 unspecified atom stereocenters. The van der Waals surface area contributed by atoms with Crippen LogP contribution in [0.1, 0.15) is 24.8 Å². The van der Waals surface area contributed by atoms with Crippen molar-refractivity contribution in [3.05, 3.63) is 29.8 Å². The van der Waals surface area contributed by atoms with E-state index in [0.29, 0.717) is 18.2 Å². The molecule has 0 spiro atoms. The molecule has 0 aromatic heterocycles. The van der Waals surface area contributed by atoms with Crippen molar-refractivity contribution in [1.29, 1.82) is 0 Å². The van der Waals surface area contributed by atoms with E-state index in [1.807, 2.05) is 24.1 Å². The van der Waals surface area contributed by atoms with Crippen LogP contribution in [0.3, 0.4) is 0 Å². The molecule has 1 aromatic rings. The molecule has 2 aliphatic heterocycles. The Balaban J connectivity index is 1.36. The third kappa shape index (κ3) is 7.25. The number of piperazine rings is 1. The Morgan fingerprint density at radius 3 is 2.50 bits per heavy atom. The van der Waals surface area contributed by atoms with E-state index in [2.05, 4.69) is 33.9 Å². The number of carbonyl (C=O) groups excluding carboxylic acids is 1. The van der Waals surface area contributed by atoms with Crippen molar-refractivity contribution in [2.75, 3.05) is 80.1 Å². The maximum Gasteiger partial charge on any atom is 0.223 e. The minimum Gasteiger partial charge on any atom is -0.497 e. The molecule has 0 radical (unpaired) electrons. The van der Waals surface area contributed by atoms with Crippen molar-refractivity contribution in [3.63, 3.8) is 0 Å². The molecule has 2 saturated heterocycles. The third-order valence-electron chi connectivity index (χ3n) is 6.67. The Morgan fingerprint density at radius 1 is 1.07 bits per heavy atom. The predicted molar refractivity (Wildman–Crippen MR) is 122 cm³/mol. The first-order valence-corrected chi connectivity index (χ1v) is 11.5. The van der Waals surface area contributed by atoms with Crippen molar-refractivity contribution in [1.82, 2.24) is 19.6 Å². The van der Waals surface area contributed by atoms with Gasteiger partial charge in [0.2, 0.25) is 5.91 Å². The van der Waals surface area contributed by atoms with Crippen LogP contribution in [0.2, 0.25) is 0 Å². The van der Waals surface area contributed by atoms with E-state index >= 15 is 0 Å². The van der Waals surface area contributed by atoms with Gasteiger partial charge in [-0.3, -0.25) is 4.79 Å². The number of rotatable bonds is 9. The Morgan fingerprint density at radius 2 is 1.80 bits per heavy atom. The summed E-state index contributed by atoms with van der Waals surface area (Å²) >= 11 is 0. The van der Waals surface area contributed by atoms with Gasteiger partial charge in [0.25, 0.3) is 0 Å². The molecule has 168 valence electrons. The van der Waals surface area contributed by atoms with Gasteiger partial charge < -0.3 is 24.3 Å². The lowest BCUT2D eigenvalue weighted by Gasteiger charge is -2.35. The number of likely N-dealkylation sites (tertiary alicyclic amines) is 1. The van der Waals surface area contributed by atoms with E-state index in [4.69, 9.17) is 4.74 Å². The van der Waals surface area contributed by atoms with Gasteiger partial charge in [0.15, 0.2) is 0 Å². The Hall–Kier alpha value is -1.63. The van der Waals surface area contributed by atoms with Crippen molar-refractivity contribution >= 4 is 5.91 Å². The Bertz CT molecular complexity index is 643. The number of carbonyl (C=O) groups is 1. The van der Waals surface area contributed by atoms with Gasteiger partial charge in [-0.05, 0) is 56.5 Å². The van der Waals surface area contributed by atoms with E-state index in [9.17, 15) is 4.79 Å². The predicted octanol–water partition coefficient (Wildman–Crippen LogP) is 2.05. The highest BCUT2D eigenvalue weighted by Gasteiger charge is 2.23. The summed E-state index contributed by atoms with van der Waals surface area (Å²) in [5, 5.41) is 0. The molecule has 30 heavy (non-hydrogen) atoms. The minimum absolute atomic E-state index is 0.296. The lowest BCUT2D eigenvalue weighted by molar-refractivity contribution is -0.131. The number of hydrogen-bond donors (Lipinski definition) is 0. The van der Waals surface area contributed by atoms with Gasteiger partial charge in [-0.2, -0.15) is 0 Å². The summed E-state index contributed by atoms with van der Waals surface area (Å²) in [5.74, 6) is 1.80. The fraction of sp³-hybridized carbons (Fsp3) is 0.708. The third-order valence-corrected chi connectivity index (χ3v) is 6.67. The first kappa shape index (κ1) is 23.0. The zero-order chi connectivity index (χ0) is 21.3. The number of methoxy groups -OCH3 is 1. The summed E-state index contributed by atoms with van der Waals surface area (Å²) in [7, 11) is 5.86. The smallest absolute Gasteiger partial charge is 0.223 e. The molecule has 6 nitrogen and oxygen atoms in total. The molecular weight excluding hydrogens is 376 g/mol. The number of piperidine rings is 1. The molecule has 0 aliphatic carbocycles. The van der Waals surface area contributed by atoms with Crippen molar-refractivity contribution in [2.24, 2.45) is 5.92 Å². The fourth-order valence-corrected chi connectivity index (χ4v) is 4.59. The average Bonchev–Trinajstić information content (AvgIpc) is 2.77. The van der Waals surface area contributed by atoms with Crippen LogP contribution >= 0.6 is 0 Å². The van der Waals surface area contributed by atoms with Gasteiger partial charge in [-0.1, -0.05) is 12.1 Å². The zero-order valence-corrected chi connectivity index (χ0v) is 19.2. The molecule has 2 heterocycles. The topological polar surface area (TPSA) is 39.3 Å². The van der Waals surface area contributed by atoms with Crippen LogP contribution in [0, 0.1) is 5.92 Å². The monoisotopic (exact) mass is 416 g/mol. The summed E-state index contributed by atoms with van der Waals surface area (Å²) in [6.45, 7) is 9.54. The fourth-order valence-electron chi connectivity index (χ4n) is 4.59. The number of hydrogen-bond acceptors (Lipinski definition) is 5. The summed E-state index contributed by atoms with van der Waals surface area (Å²) in [6, 6.07) is 8.40. The van der Waals surface area contributed by atoms with E-state index in [1.54, 1.807) is 7.11 Å². The van der Waals surface area contributed by atoms with Crippen LogP contribution in [0.25, 0.3) is 0 Å². The molecule has 0 saturated carbocycles. The van der Waals surface area contributed by atoms with E-state index in [0.717, 1.165) is 64.5 Å². The number of likely N-dealkylation sites (N-methyl/N-ethyl adjacent to an activating group) is 1. The van der Waals surface area contributed by atoms with E-state index in [-0.39, 0.29) is 0 Å². The number of ether oxygens (including phenoxy) is 1. The van der Waals surface area contributed by atoms with Crippen LogP contribution in [-0.4, -0.2) is 106 Å². The van der Waals surface area contributed by atoms with Crippen LogP contribution in [0.5, 0.6) is 5.75 Å². The summed E-state index contributed by atoms with van der Waals surface area (Å²) < 4.78 is 5.24. The second-order valence-electron chi connectivity index (χ2n) is 9.08. The SMILES string of the molecule is COc1ccc(CCN2CCC[C@H](CN(C)C(=O)CCN3CCN(C)CC3)C2)cc1. The van der Waals surface area contributed by atoms with Crippen LogP contribution < -0.4 is 4.74 Å². The van der Waals surface area contributed by atoms with Gasteiger partial charge in [-0.15, -0.1) is 0 Å². The van der Waals surface area contributed by atoms with Gasteiger partial charge >= 0.3 is 0 Å². The van der Waals surface area contributed by atoms with Crippen molar-refractivity contribution in [2.45, 2.75) is 25.7 Å². The highest BCUT2D eigenvalue weighted by Crippen LogP contribution is 2.19. The molecule has 0 N–H and O–H groups in total. The average molecular weight is 417 g/mol.